The van der Waals surface area contributed by atoms with Crippen LogP contribution in [0.5, 0.6) is 0 Å². The molecule has 1 heterocycles. The molecule has 0 radical (unpaired) electrons. The molecule has 0 aliphatic carbocycles. The summed E-state index contributed by atoms with van der Waals surface area (Å²) in [6.07, 6.45) is 8.25. The Hall–Kier alpha value is -1.90. The molecule has 0 fully saturated rings. The third kappa shape index (κ3) is 1.44. The van der Waals surface area contributed by atoms with Crippen LogP contribution in [0.4, 0.5) is 5.69 Å². The van der Waals surface area contributed by atoms with Crippen LogP contribution < -0.4 is 10.1 Å². The van der Waals surface area contributed by atoms with E-state index >= 15 is 0 Å². The van der Waals surface area contributed by atoms with Crippen LogP contribution in [-0.2, 0) is 4.84 Å². The maximum atomic E-state index is 10.7. The number of benzene rings is 1. The van der Waals surface area contributed by atoms with E-state index in [9.17, 15) is 5.11 Å². The van der Waals surface area contributed by atoms with Crippen molar-refractivity contribution >= 4 is 5.69 Å². The fourth-order valence-corrected chi connectivity index (χ4v) is 1.12. The fourth-order valence-electron chi connectivity index (χ4n) is 1.12. The van der Waals surface area contributed by atoms with E-state index in [-0.39, 0.29) is 0 Å². The Morgan fingerprint density at radius 2 is 2.21 bits per heavy atom. The second kappa shape index (κ2) is 3.46. The van der Waals surface area contributed by atoms with Crippen LogP contribution in [0, 0.1) is 12.3 Å². The fraction of sp³-hybridized carbons (Fsp3) is 0. The van der Waals surface area contributed by atoms with Gasteiger partial charge in [-0.1, -0.05) is 0 Å². The van der Waals surface area contributed by atoms with Crippen molar-refractivity contribution in [2.75, 3.05) is 5.01 Å². The molecule has 0 saturated carbocycles. The van der Waals surface area contributed by atoms with E-state index in [0.29, 0.717) is 11.3 Å². The van der Waals surface area contributed by atoms with Crippen molar-refractivity contribution < 1.29 is 9.94 Å². The Balaban J connectivity index is 2.38. The van der Waals surface area contributed by atoms with Gasteiger partial charge in [0.15, 0.2) is 0 Å². The van der Waals surface area contributed by atoms with E-state index in [4.69, 9.17) is 6.42 Å². The van der Waals surface area contributed by atoms with E-state index in [1.807, 2.05) is 0 Å². The minimum absolute atomic E-state index is 0.523. The summed E-state index contributed by atoms with van der Waals surface area (Å²) in [4.78, 5) is 4.39. The molecule has 2 rings (SSSR count). The van der Waals surface area contributed by atoms with Crippen molar-refractivity contribution in [1.29, 1.82) is 0 Å². The Morgan fingerprint density at radius 1 is 1.43 bits per heavy atom. The predicted octanol–water partition coefficient (Wildman–Crippen LogP) is 0.824. The summed E-state index contributed by atoms with van der Waals surface area (Å²) in [7, 11) is 0. The van der Waals surface area contributed by atoms with Crippen LogP contribution in [0.2, 0.25) is 0 Å². The minimum atomic E-state index is -0.523. The number of anilines is 1. The third-order valence-electron chi connectivity index (χ3n) is 1.73. The number of nitrogens with zero attached hydrogens (tertiary/aromatic N) is 2. The Morgan fingerprint density at radius 3 is 2.86 bits per heavy atom. The first-order valence-electron chi connectivity index (χ1n) is 3.89. The van der Waals surface area contributed by atoms with Crippen molar-refractivity contribution in [3.05, 3.63) is 54.0 Å². The third-order valence-corrected chi connectivity index (χ3v) is 1.73. The van der Waals surface area contributed by atoms with Crippen molar-refractivity contribution in [1.82, 2.24) is 0 Å². The van der Waals surface area contributed by atoms with Crippen molar-refractivity contribution in [3.63, 3.8) is 0 Å². The molecule has 1 aromatic rings. The van der Waals surface area contributed by atoms with Gasteiger partial charge in [-0.3, -0.25) is 0 Å². The van der Waals surface area contributed by atoms with Crippen LogP contribution in [0.15, 0.2) is 36.4 Å². The van der Waals surface area contributed by atoms with Crippen LogP contribution in [0.25, 0.3) is 5.59 Å². The normalized spacial score (nSPS) is 14.7. The topological polar surface area (TPSA) is 49.6 Å². The van der Waals surface area contributed by atoms with E-state index in [0.717, 1.165) is 0 Å². The summed E-state index contributed by atoms with van der Waals surface area (Å²) >= 11 is 0. The molecule has 1 aliphatic rings. The van der Waals surface area contributed by atoms with Gasteiger partial charge in [0, 0.05) is 0 Å². The first-order chi connectivity index (χ1) is 6.81. The summed E-state index contributed by atoms with van der Waals surface area (Å²) in [5.74, 6) is 1.73. The van der Waals surface area contributed by atoms with E-state index in [1.165, 1.54) is 11.2 Å². The zero-order chi connectivity index (χ0) is 9.97. The first-order valence-corrected chi connectivity index (χ1v) is 3.89. The van der Waals surface area contributed by atoms with Crippen LogP contribution in [0.3, 0.4) is 0 Å². The number of hydrogen-bond donors (Lipinski definition) is 0. The van der Waals surface area contributed by atoms with Gasteiger partial charge in [-0.2, -0.15) is 0 Å². The predicted molar refractivity (Wildman–Crippen MR) is 47.7 cm³/mol. The molecule has 1 aliphatic heterocycles. The molecule has 0 spiro atoms. The molecule has 4 nitrogen and oxygen atoms in total. The molecule has 68 valence electrons. The van der Waals surface area contributed by atoms with E-state index in [1.54, 1.807) is 24.3 Å². The molecule has 0 unspecified atom stereocenters. The van der Waals surface area contributed by atoms with Gasteiger partial charge >= 0.3 is 80.5 Å². The monoisotopic (exact) mass is 185 g/mol. The second-order valence-electron chi connectivity index (χ2n) is 2.61. The Labute approximate surface area is 81.3 Å². The summed E-state index contributed by atoms with van der Waals surface area (Å²) in [5, 5.41) is 12.0. The molecule has 0 aromatic heterocycles. The van der Waals surface area contributed by atoms with Gasteiger partial charge < -0.3 is 0 Å². The van der Waals surface area contributed by atoms with E-state index in [2.05, 4.69) is 16.3 Å². The van der Waals surface area contributed by atoms with Gasteiger partial charge in [-0.25, -0.2) is 0 Å². The number of hydrogen-bond acceptors (Lipinski definition) is 3. The summed E-state index contributed by atoms with van der Waals surface area (Å²) in [5.41, 5.74) is 4.64. The van der Waals surface area contributed by atoms with Gasteiger partial charge in [0.1, 0.15) is 0 Å². The molecule has 0 atom stereocenters. The molecule has 0 N–H and O–H groups in total. The maximum absolute atomic E-state index is 10.7. The SMILES string of the molecule is [C+]#Cc1ccccc1N1C=C([O-])O[N-]1. The van der Waals surface area contributed by atoms with E-state index < -0.39 is 5.95 Å². The summed E-state index contributed by atoms with van der Waals surface area (Å²) in [6.45, 7) is 0. The zero-order valence-corrected chi connectivity index (χ0v) is 7.10. The second-order valence-corrected chi connectivity index (χ2v) is 2.61. The molecule has 14 heavy (non-hydrogen) atoms. The molecule has 0 bridgehead atoms. The van der Waals surface area contributed by atoms with Crippen molar-refractivity contribution in [3.8, 4) is 5.92 Å². The quantitative estimate of drug-likeness (QED) is 0.480. The average molecular weight is 185 g/mol. The Kier molecular flexibility index (Phi) is 2.14. The van der Waals surface area contributed by atoms with Crippen molar-refractivity contribution in [2.45, 2.75) is 0 Å². The molecule has 4 heteroatoms. The van der Waals surface area contributed by atoms with Gasteiger partial charge in [0.25, 0.3) is 0 Å². The van der Waals surface area contributed by atoms with Gasteiger partial charge in [-0.15, -0.1) is 0 Å². The summed E-state index contributed by atoms with van der Waals surface area (Å²) < 4.78 is 0. The Bertz CT molecular complexity index is 420. The standard InChI is InChI=1S/C10H6N2O2/c1-2-8-5-3-4-6-9(8)12-7-10(13)14-11-12/h3-7,13H/p-1. The number of para-hydroxylation sites is 1. The van der Waals surface area contributed by atoms with Gasteiger partial charge in [0.05, 0.1) is 0 Å². The first kappa shape index (κ1) is 8.69. The molecule has 1 aromatic carbocycles. The van der Waals surface area contributed by atoms with Crippen molar-refractivity contribution in [2.24, 2.45) is 0 Å². The van der Waals surface area contributed by atoms with Crippen LogP contribution in [0.1, 0.15) is 5.56 Å². The van der Waals surface area contributed by atoms with Crippen LogP contribution >= 0.6 is 0 Å². The molecular weight excluding hydrogens is 180 g/mol. The molecular formula is C10H5N2O2-. The number of rotatable bonds is 1. The zero-order valence-electron chi connectivity index (χ0n) is 7.10. The van der Waals surface area contributed by atoms with Gasteiger partial charge in [0.2, 0.25) is 0 Å². The van der Waals surface area contributed by atoms with Crippen LogP contribution in [-0.4, -0.2) is 0 Å². The van der Waals surface area contributed by atoms with Gasteiger partial charge in [-0.05, 0) is 0 Å². The molecule has 0 saturated heterocycles. The molecule has 0 amide bonds. The summed E-state index contributed by atoms with van der Waals surface area (Å²) in [6, 6.07) is 6.98. The average Bonchev–Trinajstić information content (AvgIpc) is 2.65.